The normalized spacial score (nSPS) is 23.2. The van der Waals surface area contributed by atoms with Gasteiger partial charge in [0.05, 0.1) is 23.5 Å². The van der Waals surface area contributed by atoms with E-state index in [4.69, 9.17) is 4.74 Å². The number of amides is 1. The Bertz CT molecular complexity index is 742. The molecule has 4 rings (SSSR count). The molecule has 0 radical (unpaired) electrons. The van der Waals surface area contributed by atoms with Crippen molar-refractivity contribution in [3.63, 3.8) is 0 Å². The molecule has 138 valence electrons. The van der Waals surface area contributed by atoms with Crippen LogP contribution in [-0.2, 0) is 4.74 Å². The highest BCUT2D eigenvalue weighted by Crippen LogP contribution is 2.37. The van der Waals surface area contributed by atoms with Gasteiger partial charge in [-0.15, -0.1) is 10.2 Å². The van der Waals surface area contributed by atoms with Crippen LogP contribution in [0.5, 0.6) is 0 Å². The van der Waals surface area contributed by atoms with E-state index in [1.165, 1.54) is 12.8 Å². The number of rotatable bonds is 6. The molecular weight excluding hydrogens is 328 g/mol. The standard InChI is InChI=1S/C20H26N4O2/c1-2-3-6-16-11-23(12-19(26-16)15-9-10-15)20(25)17-7-4-5-8-18(17)24-13-21-22-14-24/h4-5,7-8,13-16,19H,2-3,6,9-12H2,1H3/t16-,19-/m1/s1. The van der Waals surface area contributed by atoms with Gasteiger partial charge >= 0.3 is 0 Å². The lowest BCUT2D eigenvalue weighted by Crippen LogP contribution is -2.51. The molecule has 1 amide bonds. The molecule has 2 aliphatic rings. The average Bonchev–Trinajstić information content (AvgIpc) is 3.40. The zero-order chi connectivity index (χ0) is 17.9. The second kappa shape index (κ2) is 7.58. The first kappa shape index (κ1) is 17.2. The third kappa shape index (κ3) is 3.65. The zero-order valence-corrected chi connectivity index (χ0v) is 15.3. The van der Waals surface area contributed by atoms with Crippen LogP contribution >= 0.6 is 0 Å². The number of hydrogen-bond acceptors (Lipinski definition) is 4. The smallest absolute Gasteiger partial charge is 0.256 e. The number of nitrogens with zero attached hydrogens (tertiary/aromatic N) is 4. The van der Waals surface area contributed by atoms with Gasteiger partial charge < -0.3 is 9.64 Å². The van der Waals surface area contributed by atoms with E-state index in [1.54, 1.807) is 17.2 Å². The van der Waals surface area contributed by atoms with Crippen LogP contribution in [0.4, 0.5) is 0 Å². The van der Waals surface area contributed by atoms with Gasteiger partial charge in [0.15, 0.2) is 0 Å². The van der Waals surface area contributed by atoms with Crippen molar-refractivity contribution < 1.29 is 9.53 Å². The van der Waals surface area contributed by atoms with E-state index in [-0.39, 0.29) is 18.1 Å². The van der Waals surface area contributed by atoms with Crippen molar-refractivity contribution in [2.24, 2.45) is 5.92 Å². The maximum atomic E-state index is 13.3. The van der Waals surface area contributed by atoms with E-state index in [1.807, 2.05) is 29.2 Å². The molecule has 6 heteroatoms. The second-order valence-electron chi connectivity index (χ2n) is 7.37. The minimum absolute atomic E-state index is 0.0738. The minimum atomic E-state index is 0.0738. The molecule has 1 aliphatic carbocycles. The molecule has 1 aromatic heterocycles. The van der Waals surface area contributed by atoms with Crippen molar-refractivity contribution in [1.29, 1.82) is 0 Å². The van der Waals surface area contributed by atoms with Crippen molar-refractivity contribution in [3.05, 3.63) is 42.5 Å². The van der Waals surface area contributed by atoms with Crippen LogP contribution in [0, 0.1) is 5.92 Å². The second-order valence-corrected chi connectivity index (χ2v) is 7.37. The number of morpholine rings is 1. The van der Waals surface area contributed by atoms with Gasteiger partial charge in [-0.2, -0.15) is 0 Å². The van der Waals surface area contributed by atoms with Crippen molar-refractivity contribution in [2.75, 3.05) is 13.1 Å². The van der Waals surface area contributed by atoms with Gasteiger partial charge in [-0.1, -0.05) is 31.9 Å². The van der Waals surface area contributed by atoms with E-state index >= 15 is 0 Å². The fourth-order valence-electron chi connectivity index (χ4n) is 3.73. The van der Waals surface area contributed by atoms with Crippen LogP contribution in [0.2, 0.25) is 0 Å². The first-order chi connectivity index (χ1) is 12.8. The number of ether oxygens (including phenoxy) is 1. The number of carbonyl (C=O) groups is 1. The largest absolute Gasteiger partial charge is 0.371 e. The summed E-state index contributed by atoms with van der Waals surface area (Å²) < 4.78 is 8.10. The molecule has 1 saturated carbocycles. The number of benzene rings is 1. The SMILES string of the molecule is CCCC[C@@H]1CN(C(=O)c2ccccc2-n2cnnc2)C[C@H](C2CC2)O1. The molecule has 26 heavy (non-hydrogen) atoms. The summed E-state index contributed by atoms with van der Waals surface area (Å²) in [4.78, 5) is 15.3. The fourth-order valence-corrected chi connectivity index (χ4v) is 3.73. The van der Waals surface area contributed by atoms with Crippen LogP contribution in [0.1, 0.15) is 49.4 Å². The zero-order valence-electron chi connectivity index (χ0n) is 15.3. The van der Waals surface area contributed by atoms with E-state index in [0.29, 0.717) is 24.6 Å². The molecule has 1 aliphatic heterocycles. The Morgan fingerprint density at radius 1 is 1.19 bits per heavy atom. The highest BCUT2D eigenvalue weighted by molar-refractivity contribution is 5.97. The number of para-hydroxylation sites is 1. The first-order valence-electron chi connectivity index (χ1n) is 9.65. The van der Waals surface area contributed by atoms with Crippen LogP contribution < -0.4 is 0 Å². The summed E-state index contributed by atoms with van der Waals surface area (Å²) in [6, 6.07) is 7.67. The third-order valence-electron chi connectivity index (χ3n) is 5.34. The van der Waals surface area contributed by atoms with Crippen molar-refractivity contribution in [3.8, 4) is 5.69 Å². The minimum Gasteiger partial charge on any atom is -0.371 e. The summed E-state index contributed by atoms with van der Waals surface area (Å²) in [7, 11) is 0. The molecule has 2 atom stereocenters. The summed E-state index contributed by atoms with van der Waals surface area (Å²) in [5.74, 6) is 0.701. The maximum Gasteiger partial charge on any atom is 0.256 e. The molecule has 1 aromatic carbocycles. The quantitative estimate of drug-likeness (QED) is 0.800. The van der Waals surface area contributed by atoms with Gasteiger partial charge in [-0.05, 0) is 37.3 Å². The van der Waals surface area contributed by atoms with Gasteiger partial charge in [0, 0.05) is 13.1 Å². The Labute approximate surface area is 154 Å². The number of carbonyl (C=O) groups excluding carboxylic acids is 1. The Balaban J connectivity index is 1.57. The Morgan fingerprint density at radius 2 is 1.96 bits per heavy atom. The van der Waals surface area contributed by atoms with Crippen LogP contribution in [0.3, 0.4) is 0 Å². The van der Waals surface area contributed by atoms with Crippen LogP contribution in [-0.4, -0.2) is 50.9 Å². The number of hydrogen-bond donors (Lipinski definition) is 0. The number of unbranched alkanes of at least 4 members (excludes halogenated alkanes) is 1. The van der Waals surface area contributed by atoms with Gasteiger partial charge in [0.2, 0.25) is 0 Å². The summed E-state index contributed by atoms with van der Waals surface area (Å²) in [5, 5.41) is 7.74. The van der Waals surface area contributed by atoms with Gasteiger partial charge in [0.1, 0.15) is 12.7 Å². The van der Waals surface area contributed by atoms with E-state index in [0.717, 1.165) is 24.9 Å². The van der Waals surface area contributed by atoms with Crippen molar-refractivity contribution in [1.82, 2.24) is 19.7 Å². The Morgan fingerprint density at radius 3 is 2.69 bits per heavy atom. The molecule has 6 nitrogen and oxygen atoms in total. The summed E-state index contributed by atoms with van der Waals surface area (Å²) in [6.45, 7) is 3.57. The Hall–Kier alpha value is -2.21. The lowest BCUT2D eigenvalue weighted by molar-refractivity contribution is -0.0874. The molecular formula is C20H26N4O2. The fraction of sp³-hybridized carbons (Fsp3) is 0.550. The average molecular weight is 354 g/mol. The maximum absolute atomic E-state index is 13.3. The van der Waals surface area contributed by atoms with Crippen LogP contribution in [0.15, 0.2) is 36.9 Å². The summed E-state index contributed by atoms with van der Waals surface area (Å²) in [5.41, 5.74) is 1.51. The molecule has 0 spiro atoms. The molecule has 0 N–H and O–H groups in total. The molecule has 2 fully saturated rings. The topological polar surface area (TPSA) is 60.2 Å². The summed E-state index contributed by atoms with van der Waals surface area (Å²) >= 11 is 0. The highest BCUT2D eigenvalue weighted by atomic mass is 16.5. The monoisotopic (exact) mass is 354 g/mol. The van der Waals surface area contributed by atoms with Gasteiger partial charge in [-0.25, -0.2) is 0 Å². The highest BCUT2D eigenvalue weighted by Gasteiger charge is 2.39. The Kier molecular flexibility index (Phi) is 5.02. The predicted molar refractivity (Wildman–Crippen MR) is 98.2 cm³/mol. The first-order valence-corrected chi connectivity index (χ1v) is 9.65. The van der Waals surface area contributed by atoms with E-state index < -0.39 is 0 Å². The van der Waals surface area contributed by atoms with Gasteiger partial charge in [0.25, 0.3) is 5.91 Å². The molecule has 0 unspecified atom stereocenters. The molecule has 1 saturated heterocycles. The van der Waals surface area contributed by atoms with Gasteiger partial charge in [-0.3, -0.25) is 9.36 Å². The molecule has 0 bridgehead atoms. The lowest BCUT2D eigenvalue weighted by Gasteiger charge is -2.38. The molecule has 2 aromatic rings. The third-order valence-corrected chi connectivity index (χ3v) is 5.34. The molecule has 2 heterocycles. The predicted octanol–water partition coefficient (Wildman–Crippen LogP) is 3.08. The summed E-state index contributed by atoms with van der Waals surface area (Å²) in [6.07, 6.45) is 9.37. The lowest BCUT2D eigenvalue weighted by atomic mass is 10.0. The van der Waals surface area contributed by atoms with Crippen molar-refractivity contribution >= 4 is 5.91 Å². The number of aromatic nitrogens is 3. The van der Waals surface area contributed by atoms with E-state index in [9.17, 15) is 4.79 Å². The van der Waals surface area contributed by atoms with E-state index in [2.05, 4.69) is 17.1 Å². The van der Waals surface area contributed by atoms with Crippen molar-refractivity contribution in [2.45, 2.75) is 51.2 Å². The van der Waals surface area contributed by atoms with Crippen LogP contribution in [0.25, 0.3) is 5.69 Å².